The minimum absolute atomic E-state index is 0. The Kier molecular flexibility index (Phi) is 44.8. The van der Waals surface area contributed by atoms with Gasteiger partial charge in [-0.25, -0.2) is 96.6 Å². The number of aliphatic hydroxyl groups excluding tert-OH is 4. The number of benzene rings is 2. The number of anilines is 8. The number of aliphatic hydroxyl groups is 4. The molecule has 0 radical (unpaired) electrons. The molecular formula is C84H89Ag2F6N33O11S2. The van der Waals surface area contributed by atoms with E-state index >= 15 is 0 Å². The fourth-order valence-electron chi connectivity index (χ4n) is 10.4. The van der Waals surface area contributed by atoms with Crippen LogP contribution in [0.25, 0.3) is 22.8 Å². The van der Waals surface area contributed by atoms with E-state index in [1.807, 2.05) is 84.9 Å². The molecule has 0 atom stereocenters. The normalized spacial score (nSPS) is 11.5. The molecule has 10 aromatic heterocycles. The number of nitriles is 1. The first kappa shape index (κ1) is 114. The van der Waals surface area contributed by atoms with Crippen molar-refractivity contribution < 1.29 is 123 Å². The van der Waals surface area contributed by atoms with Gasteiger partial charge in [0.1, 0.15) is 23.3 Å². The molecule has 44 nitrogen and oxygen atoms in total. The van der Waals surface area contributed by atoms with Crippen LogP contribution >= 0.6 is 0 Å². The number of nitrogens with zero attached hydrogens (tertiary/aromatic N) is 33. The molecule has 10 heterocycles. The van der Waals surface area contributed by atoms with Gasteiger partial charge in [-0.3, -0.25) is 40.1 Å². The van der Waals surface area contributed by atoms with E-state index in [1.165, 1.54) is 6.92 Å². The number of aryl methyl sites for hydroxylation is 4. The summed E-state index contributed by atoms with van der Waals surface area (Å²) in [5, 5.41) is 94.3. The van der Waals surface area contributed by atoms with Gasteiger partial charge in [0.25, 0.3) is 0 Å². The molecule has 12 aromatic rings. The van der Waals surface area contributed by atoms with Gasteiger partial charge in [-0.15, -0.1) is 0 Å². The first-order valence-electron chi connectivity index (χ1n) is 39.2. The quantitative estimate of drug-likeness (QED) is 0.00832. The fourth-order valence-corrected chi connectivity index (χ4v) is 10.4. The van der Waals surface area contributed by atoms with Gasteiger partial charge in [0, 0.05) is 98.7 Å². The van der Waals surface area contributed by atoms with Crippen LogP contribution in [0.5, 0.6) is 0 Å². The number of aromatic nitrogens is 16. The van der Waals surface area contributed by atoms with Crippen LogP contribution in [0.2, 0.25) is 0 Å². The molecule has 0 fully saturated rings. The summed E-state index contributed by atoms with van der Waals surface area (Å²) in [5.41, 5.74) is -2.88. The first-order valence-corrected chi connectivity index (χ1v) is 42.0. The van der Waals surface area contributed by atoms with E-state index in [-0.39, 0.29) is 76.7 Å². The molecule has 0 saturated carbocycles. The molecular weight excluding hydrogens is 2040 g/mol. The van der Waals surface area contributed by atoms with E-state index in [2.05, 4.69) is 101 Å². The molecule has 0 unspecified atom stereocenters. The molecule has 0 aliphatic heterocycles. The van der Waals surface area contributed by atoms with Gasteiger partial charge < -0.3 is 35.0 Å². The summed E-state index contributed by atoms with van der Waals surface area (Å²) < 4.78 is 118. The Morgan fingerprint density at radius 2 is 0.478 bits per heavy atom. The third kappa shape index (κ3) is 36.6. The Balaban J connectivity index is 0.000000402. The molecule has 0 spiro atoms. The van der Waals surface area contributed by atoms with Crippen molar-refractivity contribution in [2.45, 2.75) is 72.1 Å². The van der Waals surface area contributed by atoms with E-state index in [0.29, 0.717) is 150 Å². The predicted octanol–water partition coefficient (Wildman–Crippen LogP) is 7.80. The van der Waals surface area contributed by atoms with E-state index in [0.717, 1.165) is 11.1 Å². The van der Waals surface area contributed by atoms with Crippen LogP contribution in [-0.2, 0) is 91.4 Å². The minimum atomic E-state index is -6.09. The van der Waals surface area contributed by atoms with Gasteiger partial charge in [0.2, 0.25) is 0 Å². The number of pyridine rings is 4. The molecule has 732 valence electrons. The summed E-state index contributed by atoms with van der Waals surface area (Å²) in [7, 11) is 2.00. The summed E-state index contributed by atoms with van der Waals surface area (Å²) >= 11 is 0. The molecule has 54 heteroatoms. The molecule has 138 heavy (non-hydrogen) atoms. The maximum atomic E-state index is 10.7. The Bertz CT molecular complexity index is 5890. The van der Waals surface area contributed by atoms with Crippen LogP contribution in [0, 0.1) is 39.0 Å². The van der Waals surface area contributed by atoms with E-state index in [1.54, 1.807) is 265 Å². The largest absolute Gasteiger partial charge is 1.00 e. The average molecular weight is 2130 g/mol. The second-order valence-electron chi connectivity index (χ2n) is 27.4. The molecule has 12 rings (SSSR count). The van der Waals surface area contributed by atoms with Crippen molar-refractivity contribution in [3.63, 3.8) is 0 Å². The second-order valence-corrected chi connectivity index (χ2v) is 30.1. The average Bonchev–Trinajstić information content (AvgIpc) is 0.813. The zero-order valence-electron chi connectivity index (χ0n) is 75.3. The first-order chi connectivity index (χ1) is 64.0. The molecule has 2 aromatic carbocycles. The molecule has 0 aliphatic rings. The van der Waals surface area contributed by atoms with E-state index in [9.17, 15) is 46.8 Å². The number of hydrazone groups is 8. The van der Waals surface area contributed by atoms with Crippen molar-refractivity contribution in [2.75, 3.05) is 96.5 Å². The zero-order chi connectivity index (χ0) is 98.7. The van der Waals surface area contributed by atoms with Gasteiger partial charge in [-0.2, -0.15) is 72.4 Å². The number of halogens is 6. The van der Waals surface area contributed by atoms with Crippen LogP contribution in [-0.4, -0.2) is 249 Å². The fraction of sp³-hybridized carbons (Fsp3) is 0.226. The molecule has 0 amide bonds. The van der Waals surface area contributed by atoms with Crippen LogP contribution in [0.3, 0.4) is 0 Å². The molecule has 0 bridgehead atoms. The van der Waals surface area contributed by atoms with Crippen molar-refractivity contribution in [1.29, 1.82) is 5.26 Å². The van der Waals surface area contributed by atoms with E-state index < -0.39 is 31.3 Å². The van der Waals surface area contributed by atoms with Crippen molar-refractivity contribution in [3.8, 4) is 28.8 Å². The number of rotatable bonds is 30. The molecule has 0 aliphatic carbocycles. The van der Waals surface area contributed by atoms with Gasteiger partial charge in [0.05, 0.1) is 151 Å². The Morgan fingerprint density at radius 1 is 0.312 bits per heavy atom. The van der Waals surface area contributed by atoms with Gasteiger partial charge in [0.15, 0.2) is 78.4 Å². The monoisotopic (exact) mass is 2130 g/mol. The maximum absolute atomic E-state index is 10.7. The summed E-state index contributed by atoms with van der Waals surface area (Å²) in [6.07, 6.45) is 12.9. The minimum Gasteiger partial charge on any atom is -0.741 e. The van der Waals surface area contributed by atoms with Crippen LogP contribution in [0.15, 0.2) is 211 Å². The standard InChI is InChI=1S/2C40H42N16O2.C2H3N.2CHF3O3S.2Ag.H2O/c2*1-27-45-36(53(3)41-21-30-14-10-16-32(25-57)49-30)19-38(47-27)55(5)43-23-34-18-35(52-40(51-34)29-12-8-7-9-13-29)24-44-56(6)39-20-37(46-28(2)48-39)54(4)42-22-31-15-11-17-33(26-58)50-31;1-2-3;2*2-1(3,4)8(5,6)7;;;/h2*7-24,57-58H,25-26H2,1-6H3;1H3;2*(H,5,6,7);;;1H2/q;;;;;2*+1;/p-2/b2*41-21+,42-22+,43-23+,44-24+;;;;;;. The number of hydrogen-bond donors (Lipinski definition) is 4. The zero-order valence-corrected chi connectivity index (χ0v) is 79.9. The van der Waals surface area contributed by atoms with E-state index in [4.69, 9.17) is 51.1 Å². The van der Waals surface area contributed by atoms with Crippen molar-refractivity contribution in [3.05, 3.63) is 261 Å². The van der Waals surface area contributed by atoms with Crippen LogP contribution in [0.1, 0.15) is 98.5 Å². The van der Waals surface area contributed by atoms with Crippen molar-refractivity contribution in [2.24, 2.45) is 40.8 Å². The summed E-state index contributed by atoms with van der Waals surface area (Å²) in [6, 6.07) is 53.1. The maximum Gasteiger partial charge on any atom is 1.00 e. The topological polar surface area (TPSA) is 582 Å². The van der Waals surface area contributed by atoms with Gasteiger partial charge >= 0.3 is 55.8 Å². The van der Waals surface area contributed by atoms with Crippen LogP contribution < -0.4 is 40.1 Å². The van der Waals surface area contributed by atoms with Crippen LogP contribution in [0.4, 0.5) is 72.9 Å². The Labute approximate surface area is 818 Å². The Hall–Kier alpha value is -14.5. The Morgan fingerprint density at radius 3 is 0.638 bits per heavy atom. The van der Waals surface area contributed by atoms with Crippen molar-refractivity contribution >= 4 is 116 Å². The summed E-state index contributed by atoms with van der Waals surface area (Å²) in [4.78, 5) is 72.9. The number of alkyl halides is 6. The van der Waals surface area contributed by atoms with Crippen molar-refractivity contribution in [1.82, 2.24) is 79.7 Å². The summed E-state index contributed by atoms with van der Waals surface area (Å²) in [6.45, 7) is 7.98. The molecule has 6 N–H and O–H groups in total. The second kappa shape index (κ2) is 54.3. The SMILES string of the molecule is CC#N.Cc1nc(N(C)/N=C/c2cccc(CO)n2)cc(N(C)/N=C/c2cc(/C=N/N(C)c3cc(N(C)/N=C/c4cccc(CO)n4)nc(C)n3)nc(-c3ccccc3)n2)n1.Cc1nc(N(C)/N=C/c2cccc(CO)n2)cc(N(C)/N=C/c2cc(/C=N/N(C)c3cc(N(C)/N=C/c4cccc(CO)n4)nc(C)n3)nc(-c3ccccc3)n2)n1.O.O=S(=O)([O-])C(F)(F)F.O=S(=O)([O-])C(F)(F)F.[Ag+].[Ag+]. The van der Waals surface area contributed by atoms with Gasteiger partial charge in [-0.1, -0.05) is 84.9 Å². The third-order valence-corrected chi connectivity index (χ3v) is 18.1. The third-order valence-electron chi connectivity index (χ3n) is 16.9. The van der Waals surface area contributed by atoms with Gasteiger partial charge in [-0.05, 0) is 88.4 Å². The predicted molar refractivity (Wildman–Crippen MR) is 497 cm³/mol. The molecule has 0 saturated heterocycles. The number of hydrogen-bond acceptors (Lipinski definition) is 43. The smallest absolute Gasteiger partial charge is 0.741 e. The summed E-state index contributed by atoms with van der Waals surface area (Å²) in [5.74, 6) is 7.41.